The Balaban J connectivity index is 4.58. The van der Waals surface area contributed by atoms with Crippen molar-refractivity contribution in [3.63, 3.8) is 0 Å². The number of amides is 1. The quantitative estimate of drug-likeness (QED) is 0.682. The second-order valence-electron chi connectivity index (χ2n) is 4.00. The van der Waals surface area contributed by atoms with E-state index in [1.165, 1.54) is 4.31 Å². The van der Waals surface area contributed by atoms with Gasteiger partial charge >= 0.3 is 16.3 Å². The van der Waals surface area contributed by atoms with E-state index in [2.05, 4.69) is 15.9 Å². The maximum absolute atomic E-state index is 11.9. The number of hydrogen-bond donors (Lipinski definition) is 1. The number of unbranched alkanes of at least 4 members (excludes halogenated alkanes) is 1. The van der Waals surface area contributed by atoms with Crippen molar-refractivity contribution in [1.82, 2.24) is 9.03 Å². The lowest BCUT2D eigenvalue weighted by molar-refractivity contribution is 0.121. The molecule has 18 heavy (non-hydrogen) atoms. The van der Waals surface area contributed by atoms with E-state index in [9.17, 15) is 13.2 Å². The summed E-state index contributed by atoms with van der Waals surface area (Å²) in [5, 5.41) is 0.511. The standard InChI is InChI=1S/C10H21BrN2O4S/c1-4-5-7-13(8-6-11)18(15,16)12-10(14)17-9(2)3/h9H,4-8H2,1-3H3,(H,12,14). The molecule has 0 aromatic heterocycles. The van der Waals surface area contributed by atoms with Crippen molar-refractivity contribution in [2.45, 2.75) is 39.7 Å². The summed E-state index contributed by atoms with van der Waals surface area (Å²) in [7, 11) is -3.82. The van der Waals surface area contributed by atoms with Crippen LogP contribution in [0, 0.1) is 0 Å². The minimum Gasteiger partial charge on any atom is -0.446 e. The highest BCUT2D eigenvalue weighted by atomic mass is 79.9. The van der Waals surface area contributed by atoms with Gasteiger partial charge in [0.05, 0.1) is 6.10 Å². The molecule has 0 aliphatic rings. The average Bonchev–Trinajstić information content (AvgIpc) is 2.21. The molecule has 0 atom stereocenters. The number of carbonyl (C=O) groups excluding carboxylic acids is 1. The Morgan fingerprint density at radius 3 is 2.44 bits per heavy atom. The first-order valence-corrected chi connectivity index (χ1v) is 8.44. The van der Waals surface area contributed by atoms with Crippen molar-refractivity contribution < 1.29 is 17.9 Å². The lowest BCUT2D eigenvalue weighted by Gasteiger charge is -2.21. The molecule has 0 bridgehead atoms. The monoisotopic (exact) mass is 344 g/mol. The van der Waals surface area contributed by atoms with Gasteiger partial charge in [0.15, 0.2) is 0 Å². The van der Waals surface area contributed by atoms with E-state index in [-0.39, 0.29) is 6.10 Å². The first-order chi connectivity index (χ1) is 8.33. The second-order valence-corrected chi connectivity index (χ2v) is 6.47. The minimum absolute atomic E-state index is 0.310. The van der Waals surface area contributed by atoms with E-state index in [4.69, 9.17) is 4.74 Å². The van der Waals surface area contributed by atoms with Crippen LogP contribution in [0.15, 0.2) is 0 Å². The molecular formula is C10H21BrN2O4S. The predicted molar refractivity (Wildman–Crippen MR) is 73.9 cm³/mol. The zero-order chi connectivity index (χ0) is 14.2. The van der Waals surface area contributed by atoms with Crippen molar-refractivity contribution in [1.29, 1.82) is 0 Å². The van der Waals surface area contributed by atoms with E-state index in [1.807, 2.05) is 11.6 Å². The van der Waals surface area contributed by atoms with Gasteiger partial charge in [0.2, 0.25) is 0 Å². The highest BCUT2D eigenvalue weighted by molar-refractivity contribution is 9.09. The van der Waals surface area contributed by atoms with Crippen LogP contribution < -0.4 is 4.72 Å². The van der Waals surface area contributed by atoms with Crippen LogP contribution >= 0.6 is 15.9 Å². The largest absolute Gasteiger partial charge is 0.446 e. The first kappa shape index (κ1) is 17.7. The van der Waals surface area contributed by atoms with Crippen LogP contribution in [-0.2, 0) is 14.9 Å². The summed E-state index contributed by atoms with van der Waals surface area (Å²) in [5.74, 6) is 0. The summed E-state index contributed by atoms with van der Waals surface area (Å²) in [6, 6.07) is 0. The molecule has 0 spiro atoms. The Hall–Kier alpha value is -0.340. The fraction of sp³-hybridized carbons (Fsp3) is 0.900. The van der Waals surface area contributed by atoms with Crippen LogP contribution in [0.25, 0.3) is 0 Å². The van der Waals surface area contributed by atoms with Crippen LogP contribution in [0.4, 0.5) is 4.79 Å². The second kappa shape index (κ2) is 8.71. The third-order valence-corrected chi connectivity index (χ3v) is 3.81. The predicted octanol–water partition coefficient (Wildman–Crippen LogP) is 1.86. The molecule has 0 aromatic carbocycles. The molecule has 0 radical (unpaired) electrons. The van der Waals surface area contributed by atoms with Gasteiger partial charge in [-0.15, -0.1) is 0 Å². The van der Waals surface area contributed by atoms with Crippen LogP contribution in [-0.4, -0.2) is 43.3 Å². The van der Waals surface area contributed by atoms with Gasteiger partial charge < -0.3 is 4.74 Å². The number of nitrogens with one attached hydrogen (secondary N) is 1. The Bertz CT molecular complexity index is 346. The molecule has 0 aromatic rings. The van der Waals surface area contributed by atoms with Crippen LogP contribution in [0.1, 0.15) is 33.6 Å². The fourth-order valence-electron chi connectivity index (χ4n) is 1.19. The van der Waals surface area contributed by atoms with Gasteiger partial charge in [-0.1, -0.05) is 29.3 Å². The Morgan fingerprint density at radius 1 is 1.39 bits per heavy atom. The highest BCUT2D eigenvalue weighted by Crippen LogP contribution is 2.03. The molecule has 0 fully saturated rings. The summed E-state index contributed by atoms with van der Waals surface area (Å²) in [6.07, 6.45) is 0.319. The van der Waals surface area contributed by atoms with E-state index in [1.54, 1.807) is 13.8 Å². The van der Waals surface area contributed by atoms with Crippen LogP contribution in [0.3, 0.4) is 0 Å². The molecule has 0 heterocycles. The van der Waals surface area contributed by atoms with Crippen molar-refractivity contribution in [3.8, 4) is 0 Å². The zero-order valence-electron chi connectivity index (χ0n) is 11.0. The number of hydrogen-bond acceptors (Lipinski definition) is 4. The Labute approximate surface area is 117 Å². The Morgan fingerprint density at radius 2 is 2.00 bits per heavy atom. The molecule has 8 heteroatoms. The fourth-order valence-corrected chi connectivity index (χ4v) is 2.94. The summed E-state index contributed by atoms with van der Waals surface area (Å²) < 4.78 is 31.7. The van der Waals surface area contributed by atoms with E-state index in [0.717, 1.165) is 12.8 Å². The maximum Gasteiger partial charge on any atom is 0.422 e. The number of alkyl halides is 1. The summed E-state index contributed by atoms with van der Waals surface area (Å²) in [6.45, 7) is 5.97. The van der Waals surface area contributed by atoms with Crippen LogP contribution in [0.2, 0.25) is 0 Å². The smallest absolute Gasteiger partial charge is 0.422 e. The van der Waals surface area contributed by atoms with Gasteiger partial charge in [0, 0.05) is 18.4 Å². The topological polar surface area (TPSA) is 75.7 Å². The molecule has 0 unspecified atom stereocenters. The maximum atomic E-state index is 11.9. The molecular weight excluding hydrogens is 324 g/mol. The normalized spacial score (nSPS) is 11.9. The van der Waals surface area contributed by atoms with E-state index >= 15 is 0 Å². The van der Waals surface area contributed by atoms with Gasteiger partial charge in [0.1, 0.15) is 0 Å². The zero-order valence-corrected chi connectivity index (χ0v) is 13.4. The number of nitrogens with zero attached hydrogens (tertiary/aromatic N) is 1. The number of ether oxygens (including phenoxy) is 1. The summed E-state index contributed by atoms with van der Waals surface area (Å²) >= 11 is 3.19. The van der Waals surface area contributed by atoms with E-state index in [0.29, 0.717) is 18.4 Å². The number of carbonyl (C=O) groups is 1. The molecule has 0 saturated heterocycles. The van der Waals surface area contributed by atoms with Gasteiger partial charge in [-0.2, -0.15) is 12.7 Å². The molecule has 0 aliphatic carbocycles. The number of halogens is 1. The van der Waals surface area contributed by atoms with Gasteiger partial charge in [-0.3, -0.25) is 0 Å². The first-order valence-electron chi connectivity index (χ1n) is 5.88. The third-order valence-electron chi connectivity index (χ3n) is 1.99. The molecule has 0 rings (SSSR count). The van der Waals surface area contributed by atoms with Crippen molar-refractivity contribution in [2.24, 2.45) is 0 Å². The van der Waals surface area contributed by atoms with Crippen molar-refractivity contribution >= 4 is 32.2 Å². The molecule has 6 nitrogen and oxygen atoms in total. The van der Waals surface area contributed by atoms with Crippen LogP contribution in [0.5, 0.6) is 0 Å². The lowest BCUT2D eigenvalue weighted by Crippen LogP contribution is -2.45. The van der Waals surface area contributed by atoms with Gasteiger partial charge in [-0.05, 0) is 20.3 Å². The van der Waals surface area contributed by atoms with Crippen molar-refractivity contribution in [2.75, 3.05) is 18.4 Å². The summed E-state index contributed by atoms with van der Waals surface area (Å²) in [5.41, 5.74) is 0. The van der Waals surface area contributed by atoms with Crippen molar-refractivity contribution in [3.05, 3.63) is 0 Å². The summed E-state index contributed by atoms with van der Waals surface area (Å²) in [4.78, 5) is 11.3. The lowest BCUT2D eigenvalue weighted by atomic mass is 10.3. The molecule has 1 amide bonds. The third kappa shape index (κ3) is 7.17. The molecule has 108 valence electrons. The molecule has 1 N–H and O–H groups in total. The van der Waals surface area contributed by atoms with Gasteiger partial charge in [0.25, 0.3) is 0 Å². The van der Waals surface area contributed by atoms with E-state index < -0.39 is 16.3 Å². The SMILES string of the molecule is CCCCN(CCBr)S(=O)(=O)NC(=O)OC(C)C. The van der Waals surface area contributed by atoms with Gasteiger partial charge in [-0.25, -0.2) is 9.52 Å². The molecule has 0 aliphatic heterocycles. The number of rotatable bonds is 8. The molecule has 0 saturated carbocycles. The minimum atomic E-state index is -3.82. The Kier molecular flexibility index (Phi) is 8.54. The average molecular weight is 345 g/mol. The highest BCUT2D eigenvalue weighted by Gasteiger charge is 2.24.